The molecule has 7 nitrogen and oxygen atoms in total. The van der Waals surface area contributed by atoms with Crippen molar-refractivity contribution in [2.24, 2.45) is 0 Å². The number of nitrogens with one attached hydrogen (secondary N) is 2. The summed E-state index contributed by atoms with van der Waals surface area (Å²) < 4.78 is 38.2. The van der Waals surface area contributed by atoms with Crippen LogP contribution in [-0.4, -0.2) is 25.8 Å². The number of sulfonamides is 1. The van der Waals surface area contributed by atoms with E-state index in [1.165, 1.54) is 31.4 Å². The molecule has 126 valence electrons. The lowest BCUT2D eigenvalue weighted by Gasteiger charge is -2.21. The van der Waals surface area contributed by atoms with Gasteiger partial charge in [0.1, 0.15) is 4.91 Å². The molecule has 0 bridgehead atoms. The topological polar surface area (TPSA) is 87.7 Å². The lowest BCUT2D eigenvalue weighted by atomic mass is 10.2. The van der Waals surface area contributed by atoms with Gasteiger partial charge in [-0.2, -0.15) is 0 Å². The number of rotatable bonds is 4. The van der Waals surface area contributed by atoms with Crippen LogP contribution >= 0.6 is 34.7 Å². The molecule has 0 saturated carbocycles. The Bertz CT molecular complexity index is 893. The number of fused-ring (bicyclic) bond motifs is 1. The van der Waals surface area contributed by atoms with Gasteiger partial charge in [0.15, 0.2) is 0 Å². The highest BCUT2D eigenvalue weighted by molar-refractivity contribution is 14.1. The average molecular weight is 477 g/mol. The van der Waals surface area contributed by atoms with Gasteiger partial charge in [-0.3, -0.25) is 9.03 Å². The van der Waals surface area contributed by atoms with Crippen LogP contribution in [0.5, 0.6) is 0 Å². The molecule has 0 amide bonds. The quantitative estimate of drug-likeness (QED) is 0.392. The highest BCUT2D eigenvalue weighted by atomic mass is 127. The zero-order chi connectivity index (χ0) is 17.3. The Kier molecular flexibility index (Phi) is 4.78. The Labute approximate surface area is 157 Å². The van der Waals surface area contributed by atoms with Crippen LogP contribution in [0, 0.1) is 3.57 Å². The maximum absolute atomic E-state index is 12.8. The molecule has 2 aliphatic rings. The molecule has 2 heterocycles. The predicted octanol–water partition coefficient (Wildman–Crippen LogP) is 2.54. The van der Waals surface area contributed by atoms with Gasteiger partial charge in [0.25, 0.3) is 10.0 Å². The molecule has 0 unspecified atom stereocenters. The van der Waals surface area contributed by atoms with Crippen molar-refractivity contribution in [3.63, 3.8) is 0 Å². The Hall–Kier alpha value is -1.66. The van der Waals surface area contributed by atoms with E-state index in [1.807, 2.05) is 22.6 Å². The number of carbonyl (C=O) groups is 1. The normalized spacial score (nSPS) is 16.0. The van der Waals surface area contributed by atoms with Crippen LogP contribution in [0.2, 0.25) is 0 Å². The van der Waals surface area contributed by atoms with Crippen molar-refractivity contribution in [2.45, 2.75) is 0 Å². The average Bonchev–Trinajstić information content (AvgIpc) is 3.02. The summed E-state index contributed by atoms with van der Waals surface area (Å²) in [6.07, 6.45) is 6.50. The molecule has 0 aliphatic carbocycles. The van der Waals surface area contributed by atoms with Gasteiger partial charge in [-0.05, 0) is 52.9 Å². The van der Waals surface area contributed by atoms with E-state index in [0.29, 0.717) is 5.70 Å². The maximum atomic E-state index is 12.8. The summed E-state index contributed by atoms with van der Waals surface area (Å²) in [6, 6.07) is 4.81. The fraction of sp³-hybridized carbons (Fsp3) is 0.0714. The van der Waals surface area contributed by atoms with Crippen LogP contribution in [0.3, 0.4) is 0 Å². The van der Waals surface area contributed by atoms with Crippen molar-refractivity contribution in [3.05, 3.63) is 62.5 Å². The fourth-order valence-corrected chi connectivity index (χ4v) is 4.62. The number of ether oxygens (including phenoxy) is 1. The van der Waals surface area contributed by atoms with E-state index < -0.39 is 16.0 Å². The number of nitrogens with zero attached hydrogens (tertiary/aromatic N) is 1. The van der Waals surface area contributed by atoms with E-state index in [1.54, 1.807) is 34.9 Å². The number of halogens is 1. The van der Waals surface area contributed by atoms with Crippen molar-refractivity contribution >= 4 is 56.4 Å². The van der Waals surface area contributed by atoms with Crippen molar-refractivity contribution in [1.29, 1.82) is 0 Å². The van der Waals surface area contributed by atoms with E-state index in [2.05, 4.69) is 9.44 Å². The number of hydrogen-bond donors (Lipinski definition) is 2. The lowest BCUT2D eigenvalue weighted by molar-refractivity contribution is 0.0602. The minimum Gasteiger partial charge on any atom is -0.465 e. The van der Waals surface area contributed by atoms with E-state index in [0.717, 1.165) is 3.57 Å². The van der Waals surface area contributed by atoms with Gasteiger partial charge in [0, 0.05) is 16.0 Å². The standard InChI is InChI=1S/C14H12IN3O4S2/c1-22-14(19)10-5-4-9(15)7-11(10)17-24(20,21)13-3-2-6-18-12(13)8-16-23-18/h2-8,16-17H,1H3. The molecule has 1 aromatic carbocycles. The molecule has 0 atom stereocenters. The molecule has 2 N–H and O–H groups in total. The van der Waals surface area contributed by atoms with E-state index in [4.69, 9.17) is 4.74 Å². The molecule has 0 spiro atoms. The number of anilines is 1. The van der Waals surface area contributed by atoms with Gasteiger partial charge in [0.2, 0.25) is 0 Å². The summed E-state index contributed by atoms with van der Waals surface area (Å²) in [5.74, 6) is -0.611. The van der Waals surface area contributed by atoms with Gasteiger partial charge in [-0.25, -0.2) is 13.2 Å². The highest BCUT2D eigenvalue weighted by Gasteiger charge is 2.30. The second kappa shape index (κ2) is 6.69. The van der Waals surface area contributed by atoms with Gasteiger partial charge in [-0.15, -0.1) is 0 Å². The van der Waals surface area contributed by atoms with Crippen molar-refractivity contribution in [1.82, 2.24) is 9.03 Å². The summed E-state index contributed by atoms with van der Waals surface area (Å²) in [7, 11) is -2.64. The van der Waals surface area contributed by atoms with Crippen LogP contribution in [0.15, 0.2) is 53.4 Å². The van der Waals surface area contributed by atoms with E-state index in [9.17, 15) is 13.2 Å². The number of esters is 1. The summed E-state index contributed by atoms with van der Waals surface area (Å²) >= 11 is 3.30. The molecule has 2 aliphatic heterocycles. The smallest absolute Gasteiger partial charge is 0.339 e. The Balaban J connectivity index is 1.99. The molecule has 10 heteroatoms. The predicted molar refractivity (Wildman–Crippen MR) is 101 cm³/mol. The summed E-state index contributed by atoms with van der Waals surface area (Å²) in [4.78, 5) is 12.0. The van der Waals surface area contributed by atoms with Crippen molar-refractivity contribution in [2.75, 3.05) is 11.8 Å². The Morgan fingerprint density at radius 3 is 2.96 bits per heavy atom. The fourth-order valence-electron chi connectivity index (χ4n) is 2.15. The van der Waals surface area contributed by atoms with Gasteiger partial charge in [-0.1, -0.05) is 0 Å². The van der Waals surface area contributed by atoms with Gasteiger partial charge in [0.05, 0.1) is 36.2 Å². The second-order valence-electron chi connectivity index (χ2n) is 4.72. The molecule has 0 radical (unpaired) electrons. The van der Waals surface area contributed by atoms with Gasteiger partial charge < -0.3 is 9.46 Å². The first-order valence-electron chi connectivity index (χ1n) is 6.64. The van der Waals surface area contributed by atoms with Crippen LogP contribution in [0.4, 0.5) is 5.69 Å². The third-order valence-corrected chi connectivity index (χ3v) is 6.05. The Morgan fingerprint density at radius 1 is 1.42 bits per heavy atom. The zero-order valence-corrected chi connectivity index (χ0v) is 16.1. The first kappa shape index (κ1) is 17.2. The third-order valence-electron chi connectivity index (χ3n) is 3.23. The molecule has 1 aromatic rings. The van der Waals surface area contributed by atoms with Gasteiger partial charge >= 0.3 is 5.97 Å². The number of hydrogen-bond acceptors (Lipinski definition) is 7. The summed E-state index contributed by atoms with van der Waals surface area (Å²) in [6.45, 7) is 0. The van der Waals surface area contributed by atoms with Crippen molar-refractivity contribution in [3.8, 4) is 0 Å². The monoisotopic (exact) mass is 477 g/mol. The number of benzene rings is 1. The maximum Gasteiger partial charge on any atom is 0.339 e. The Morgan fingerprint density at radius 2 is 2.21 bits per heavy atom. The number of carbonyl (C=O) groups excluding carboxylic acids is 1. The number of allylic oxidation sites excluding steroid dienone is 2. The van der Waals surface area contributed by atoms with Crippen molar-refractivity contribution < 1.29 is 17.9 Å². The zero-order valence-electron chi connectivity index (χ0n) is 12.3. The number of methoxy groups -OCH3 is 1. The largest absolute Gasteiger partial charge is 0.465 e. The molecule has 0 aromatic heterocycles. The SMILES string of the molecule is COC(=O)c1ccc(I)cc1NS(=O)(=O)C1=CC=CN2SNC=C12. The minimum atomic E-state index is -3.89. The summed E-state index contributed by atoms with van der Waals surface area (Å²) in [5, 5.41) is 0. The minimum absolute atomic E-state index is 0.108. The van der Waals surface area contributed by atoms with Crippen LogP contribution < -0.4 is 9.44 Å². The molecule has 3 rings (SSSR count). The molecule has 0 fully saturated rings. The van der Waals surface area contributed by atoms with Crippen LogP contribution in [-0.2, 0) is 14.8 Å². The molecule has 0 saturated heterocycles. The lowest BCUT2D eigenvalue weighted by Crippen LogP contribution is -2.22. The van der Waals surface area contributed by atoms with E-state index in [-0.39, 0.29) is 16.2 Å². The third kappa shape index (κ3) is 3.26. The summed E-state index contributed by atoms with van der Waals surface area (Å²) in [5.41, 5.74) is 0.841. The van der Waals surface area contributed by atoms with Crippen LogP contribution in [0.25, 0.3) is 0 Å². The highest BCUT2D eigenvalue weighted by Crippen LogP contribution is 2.34. The first-order chi connectivity index (χ1) is 11.4. The molecule has 24 heavy (non-hydrogen) atoms. The molecular weight excluding hydrogens is 465 g/mol. The van der Waals surface area contributed by atoms with Crippen LogP contribution in [0.1, 0.15) is 10.4 Å². The molecular formula is C14H12IN3O4S2. The second-order valence-corrected chi connectivity index (χ2v) is 8.43. The first-order valence-corrected chi connectivity index (χ1v) is 9.97. The van der Waals surface area contributed by atoms with E-state index >= 15 is 0 Å².